The Morgan fingerprint density at radius 2 is 1.91 bits per heavy atom. The van der Waals surface area contributed by atoms with Gasteiger partial charge in [-0.3, -0.25) is 9.69 Å². The first-order valence-electron chi connectivity index (χ1n) is 8.16. The molecule has 5 nitrogen and oxygen atoms in total. The Labute approximate surface area is 138 Å². The largest absolute Gasteiger partial charge is 0.481 e. The fourth-order valence-electron chi connectivity index (χ4n) is 3.04. The summed E-state index contributed by atoms with van der Waals surface area (Å²) >= 11 is 0. The van der Waals surface area contributed by atoms with Gasteiger partial charge in [0.2, 0.25) is 0 Å². The summed E-state index contributed by atoms with van der Waals surface area (Å²) in [5.41, 5.74) is 1.18. The van der Waals surface area contributed by atoms with Crippen LogP contribution in [0.2, 0.25) is 0 Å². The van der Waals surface area contributed by atoms with Gasteiger partial charge in [0.05, 0.1) is 11.5 Å². The molecule has 1 fully saturated rings. The van der Waals surface area contributed by atoms with Gasteiger partial charge in [-0.15, -0.1) is 0 Å². The Kier molecular flexibility index (Phi) is 6.59. The molecule has 0 aromatic heterocycles. The van der Waals surface area contributed by atoms with Crippen molar-refractivity contribution in [3.8, 4) is 0 Å². The van der Waals surface area contributed by atoms with E-state index in [0.29, 0.717) is 12.8 Å². The molecule has 0 radical (unpaired) electrons. The number of carboxylic acid groups (broad SMARTS) is 1. The van der Waals surface area contributed by atoms with E-state index in [2.05, 4.69) is 17.0 Å². The summed E-state index contributed by atoms with van der Waals surface area (Å²) in [7, 11) is -2.90. The van der Waals surface area contributed by atoms with Crippen LogP contribution in [0.25, 0.3) is 0 Å². The topological polar surface area (TPSA) is 74.7 Å². The van der Waals surface area contributed by atoms with Crippen LogP contribution >= 0.6 is 0 Å². The van der Waals surface area contributed by atoms with Gasteiger partial charge in [0.1, 0.15) is 0 Å². The average Bonchev–Trinajstić information content (AvgIpc) is 2.86. The highest BCUT2D eigenvalue weighted by molar-refractivity contribution is 7.91. The van der Waals surface area contributed by atoms with Crippen LogP contribution in [0.15, 0.2) is 30.3 Å². The first-order valence-corrected chi connectivity index (χ1v) is 9.98. The minimum atomic E-state index is -2.90. The molecule has 128 valence electrons. The van der Waals surface area contributed by atoms with Crippen molar-refractivity contribution in [3.05, 3.63) is 35.9 Å². The highest BCUT2D eigenvalue weighted by Crippen LogP contribution is 2.21. The smallest absolute Gasteiger partial charge is 0.303 e. The summed E-state index contributed by atoms with van der Waals surface area (Å²) in [6.45, 7) is 1.56. The van der Waals surface area contributed by atoms with Gasteiger partial charge in [-0.25, -0.2) is 8.42 Å². The first-order chi connectivity index (χ1) is 11.0. The molecule has 1 atom stereocenters. The maximum Gasteiger partial charge on any atom is 0.303 e. The minimum Gasteiger partial charge on any atom is -0.481 e. The van der Waals surface area contributed by atoms with Gasteiger partial charge in [-0.1, -0.05) is 36.8 Å². The average molecular weight is 339 g/mol. The number of carbonyl (C=O) groups is 1. The first kappa shape index (κ1) is 17.9. The molecule has 2 rings (SSSR count). The SMILES string of the molecule is O=C(O)CCCCCN(Cc1ccccc1)[C@H]1CCS(=O)(=O)C1. The molecule has 0 aliphatic carbocycles. The maximum absolute atomic E-state index is 11.8. The van der Waals surface area contributed by atoms with Gasteiger partial charge in [0.25, 0.3) is 0 Å². The molecule has 1 aromatic rings. The van der Waals surface area contributed by atoms with Crippen molar-refractivity contribution in [2.24, 2.45) is 0 Å². The van der Waals surface area contributed by atoms with Gasteiger partial charge in [-0.05, 0) is 31.4 Å². The number of unbranched alkanes of at least 4 members (excludes halogenated alkanes) is 2. The Bertz CT molecular complexity index is 600. The molecular weight excluding hydrogens is 314 g/mol. The lowest BCUT2D eigenvalue weighted by molar-refractivity contribution is -0.137. The molecule has 0 unspecified atom stereocenters. The second-order valence-electron chi connectivity index (χ2n) is 6.22. The molecule has 1 heterocycles. The van der Waals surface area contributed by atoms with Crippen molar-refractivity contribution >= 4 is 15.8 Å². The number of aliphatic carboxylic acids is 1. The van der Waals surface area contributed by atoms with Crippen molar-refractivity contribution in [2.45, 2.75) is 44.7 Å². The van der Waals surface area contributed by atoms with E-state index in [1.165, 1.54) is 5.56 Å². The van der Waals surface area contributed by atoms with Gasteiger partial charge >= 0.3 is 5.97 Å². The zero-order valence-electron chi connectivity index (χ0n) is 13.4. The summed E-state index contributed by atoms with van der Waals surface area (Å²) in [5.74, 6) is -0.232. The summed E-state index contributed by atoms with van der Waals surface area (Å²) in [6, 6.07) is 10.2. The fraction of sp³-hybridized carbons (Fsp3) is 0.588. The number of sulfone groups is 1. The Morgan fingerprint density at radius 3 is 2.52 bits per heavy atom. The van der Waals surface area contributed by atoms with E-state index in [1.807, 2.05) is 18.2 Å². The Morgan fingerprint density at radius 1 is 1.17 bits per heavy atom. The molecule has 0 bridgehead atoms. The molecule has 0 amide bonds. The molecule has 6 heteroatoms. The Hall–Kier alpha value is -1.40. The number of carboxylic acids is 1. The Balaban J connectivity index is 1.90. The number of hydrogen-bond donors (Lipinski definition) is 1. The second kappa shape index (κ2) is 8.45. The third kappa shape index (κ3) is 6.31. The van der Waals surface area contributed by atoms with Crippen LogP contribution in [-0.2, 0) is 21.2 Å². The van der Waals surface area contributed by atoms with Crippen molar-refractivity contribution in [1.82, 2.24) is 4.90 Å². The summed E-state index contributed by atoms with van der Waals surface area (Å²) in [5, 5.41) is 8.67. The van der Waals surface area contributed by atoms with Crippen LogP contribution in [0, 0.1) is 0 Å². The van der Waals surface area contributed by atoms with Crippen LogP contribution in [0.5, 0.6) is 0 Å². The number of rotatable bonds is 9. The van der Waals surface area contributed by atoms with E-state index in [4.69, 9.17) is 5.11 Å². The zero-order valence-corrected chi connectivity index (χ0v) is 14.2. The van der Waals surface area contributed by atoms with E-state index in [9.17, 15) is 13.2 Å². The van der Waals surface area contributed by atoms with Crippen LogP contribution in [0.1, 0.15) is 37.7 Å². The standard InChI is InChI=1S/C17H25NO4S/c19-17(20)9-5-2-6-11-18(13-15-7-3-1-4-8-15)16-10-12-23(21,22)14-16/h1,3-4,7-8,16H,2,5-6,9-14H2,(H,19,20)/t16-/m0/s1. The molecule has 1 aliphatic heterocycles. The van der Waals surface area contributed by atoms with E-state index in [-0.39, 0.29) is 24.0 Å². The molecule has 0 spiro atoms. The molecular formula is C17H25NO4S. The third-order valence-electron chi connectivity index (χ3n) is 4.29. The number of hydrogen-bond acceptors (Lipinski definition) is 4. The highest BCUT2D eigenvalue weighted by Gasteiger charge is 2.31. The summed E-state index contributed by atoms with van der Waals surface area (Å²) < 4.78 is 23.5. The number of benzene rings is 1. The van der Waals surface area contributed by atoms with Gasteiger partial charge < -0.3 is 5.11 Å². The lowest BCUT2D eigenvalue weighted by Crippen LogP contribution is -2.36. The van der Waals surface area contributed by atoms with Gasteiger partial charge in [-0.2, -0.15) is 0 Å². The number of nitrogens with zero attached hydrogens (tertiary/aromatic N) is 1. The van der Waals surface area contributed by atoms with Crippen molar-refractivity contribution in [2.75, 3.05) is 18.1 Å². The highest BCUT2D eigenvalue weighted by atomic mass is 32.2. The molecule has 1 aliphatic rings. The fourth-order valence-corrected chi connectivity index (χ4v) is 4.80. The van der Waals surface area contributed by atoms with E-state index in [1.54, 1.807) is 0 Å². The van der Waals surface area contributed by atoms with E-state index < -0.39 is 15.8 Å². The summed E-state index contributed by atoms with van der Waals surface area (Å²) in [4.78, 5) is 12.8. The van der Waals surface area contributed by atoms with Crippen LogP contribution in [-0.4, -0.2) is 48.5 Å². The van der Waals surface area contributed by atoms with Crippen molar-refractivity contribution < 1.29 is 18.3 Å². The van der Waals surface area contributed by atoms with Crippen molar-refractivity contribution in [3.63, 3.8) is 0 Å². The monoisotopic (exact) mass is 339 g/mol. The van der Waals surface area contributed by atoms with Crippen LogP contribution in [0.3, 0.4) is 0 Å². The molecule has 1 aromatic carbocycles. The molecule has 1 N–H and O–H groups in total. The second-order valence-corrected chi connectivity index (χ2v) is 8.45. The molecule has 1 saturated heterocycles. The van der Waals surface area contributed by atoms with E-state index in [0.717, 1.165) is 25.9 Å². The summed E-state index contributed by atoms with van der Waals surface area (Å²) in [6.07, 6.45) is 3.34. The van der Waals surface area contributed by atoms with E-state index >= 15 is 0 Å². The lowest BCUT2D eigenvalue weighted by Gasteiger charge is -2.28. The van der Waals surface area contributed by atoms with Gasteiger partial charge in [0, 0.05) is 19.0 Å². The van der Waals surface area contributed by atoms with Crippen molar-refractivity contribution in [1.29, 1.82) is 0 Å². The predicted molar refractivity (Wildman–Crippen MR) is 90.0 cm³/mol. The lowest BCUT2D eigenvalue weighted by atomic mass is 10.1. The quantitative estimate of drug-likeness (QED) is 0.699. The zero-order chi connectivity index (χ0) is 16.7. The van der Waals surface area contributed by atoms with Crippen LogP contribution < -0.4 is 0 Å². The molecule has 23 heavy (non-hydrogen) atoms. The predicted octanol–water partition coefficient (Wildman–Crippen LogP) is 2.32. The molecule has 0 saturated carbocycles. The normalized spacial score (nSPS) is 20.0. The third-order valence-corrected chi connectivity index (χ3v) is 6.04. The maximum atomic E-state index is 11.8. The van der Waals surface area contributed by atoms with Crippen LogP contribution in [0.4, 0.5) is 0 Å². The minimum absolute atomic E-state index is 0.0830. The van der Waals surface area contributed by atoms with Gasteiger partial charge in [0.15, 0.2) is 9.84 Å².